The van der Waals surface area contributed by atoms with Crippen molar-refractivity contribution < 1.29 is 0 Å². The van der Waals surface area contributed by atoms with Gasteiger partial charge in [0.25, 0.3) is 0 Å². The zero-order valence-electron chi connectivity index (χ0n) is 6.01. The zero-order valence-corrected chi connectivity index (χ0v) is 6.01. The Bertz CT molecular complexity index is 250. The molecule has 0 saturated carbocycles. The topological polar surface area (TPSA) is 61.7 Å². The minimum absolute atomic E-state index is 0.480. The lowest BCUT2D eigenvalue weighted by Crippen LogP contribution is -1.90. The van der Waals surface area contributed by atoms with Crippen molar-refractivity contribution >= 4 is 0 Å². The van der Waals surface area contributed by atoms with Crippen LogP contribution < -0.4 is 0 Å². The van der Waals surface area contributed by atoms with E-state index in [-0.39, 0.29) is 0 Å². The summed E-state index contributed by atoms with van der Waals surface area (Å²) in [6.07, 6.45) is 2.44. The predicted molar refractivity (Wildman–Crippen MR) is 42.0 cm³/mol. The Hall–Kier alpha value is -1.54. The largest absolute Gasteiger partial charge is 0.261 e. The molecular weight excluding hydrogens is 140 g/mol. The number of pyridine rings is 1. The van der Waals surface area contributed by atoms with Crippen molar-refractivity contribution in [2.45, 2.75) is 6.42 Å². The van der Waals surface area contributed by atoms with E-state index >= 15 is 0 Å². The van der Waals surface area contributed by atoms with Gasteiger partial charge < -0.3 is 0 Å². The van der Waals surface area contributed by atoms with E-state index in [1.807, 2.05) is 18.2 Å². The van der Waals surface area contributed by atoms with E-state index in [2.05, 4.69) is 15.0 Å². The summed E-state index contributed by atoms with van der Waals surface area (Å²) < 4.78 is 0. The van der Waals surface area contributed by atoms with E-state index < -0.39 is 0 Å². The van der Waals surface area contributed by atoms with Gasteiger partial charge in [0.05, 0.1) is 0 Å². The molecule has 0 spiro atoms. The molecule has 0 atom stereocenters. The molecule has 4 heteroatoms. The van der Waals surface area contributed by atoms with Crippen LogP contribution in [0, 0.1) is 0 Å². The molecule has 0 aliphatic carbocycles. The van der Waals surface area contributed by atoms with Gasteiger partial charge in [-0.05, 0) is 24.1 Å². The first-order valence-corrected chi connectivity index (χ1v) is 3.34. The molecule has 0 N–H and O–H groups in total. The first kappa shape index (κ1) is 7.57. The van der Waals surface area contributed by atoms with Gasteiger partial charge in [0.1, 0.15) is 0 Å². The molecule has 0 bridgehead atoms. The monoisotopic (exact) mass is 148 g/mol. The molecule has 0 fully saturated rings. The summed E-state index contributed by atoms with van der Waals surface area (Å²) >= 11 is 0. The molecular formula is C7H8N4. The number of aromatic nitrogens is 1. The third-order valence-corrected chi connectivity index (χ3v) is 1.26. The Morgan fingerprint density at radius 2 is 2.45 bits per heavy atom. The maximum Gasteiger partial charge on any atom is 0.0404 e. The highest BCUT2D eigenvalue weighted by Gasteiger charge is 1.88. The molecule has 0 aromatic carbocycles. The van der Waals surface area contributed by atoms with Gasteiger partial charge in [0.15, 0.2) is 0 Å². The van der Waals surface area contributed by atoms with Crippen LogP contribution in [-0.2, 0) is 6.42 Å². The first-order valence-electron chi connectivity index (χ1n) is 3.34. The third-order valence-electron chi connectivity index (χ3n) is 1.26. The van der Waals surface area contributed by atoms with Crippen LogP contribution in [0.4, 0.5) is 0 Å². The summed E-state index contributed by atoms with van der Waals surface area (Å²) in [5, 5.41) is 3.41. The maximum atomic E-state index is 7.98. The Morgan fingerprint density at radius 1 is 1.55 bits per heavy atom. The van der Waals surface area contributed by atoms with Gasteiger partial charge in [0, 0.05) is 23.3 Å². The minimum Gasteiger partial charge on any atom is -0.261 e. The molecule has 0 aliphatic rings. The average molecular weight is 148 g/mol. The number of nitrogens with zero attached hydrogens (tertiary/aromatic N) is 4. The van der Waals surface area contributed by atoms with Gasteiger partial charge in [-0.2, -0.15) is 0 Å². The molecule has 56 valence electrons. The zero-order chi connectivity index (χ0) is 7.94. The Balaban J connectivity index is 2.45. The van der Waals surface area contributed by atoms with Crippen molar-refractivity contribution in [1.29, 1.82) is 0 Å². The van der Waals surface area contributed by atoms with E-state index in [0.29, 0.717) is 13.0 Å². The summed E-state index contributed by atoms with van der Waals surface area (Å²) in [5.41, 5.74) is 8.94. The van der Waals surface area contributed by atoms with E-state index in [4.69, 9.17) is 5.53 Å². The van der Waals surface area contributed by atoms with Crippen LogP contribution in [0.1, 0.15) is 5.69 Å². The SMILES string of the molecule is [N-]=[N+]=NCCc1ccccn1. The van der Waals surface area contributed by atoms with Gasteiger partial charge in [-0.15, -0.1) is 0 Å². The normalized spacial score (nSPS) is 8.73. The molecule has 0 amide bonds. The molecule has 1 heterocycles. The highest BCUT2D eigenvalue weighted by Crippen LogP contribution is 1.94. The fourth-order valence-corrected chi connectivity index (χ4v) is 0.755. The standard InChI is InChI=1S/C7H8N4/c8-11-10-6-4-7-3-1-2-5-9-7/h1-3,5H,4,6H2. The molecule has 0 radical (unpaired) electrons. The number of hydrogen-bond donors (Lipinski definition) is 0. The van der Waals surface area contributed by atoms with Crippen LogP contribution in [0.2, 0.25) is 0 Å². The second-order valence-corrected chi connectivity index (χ2v) is 2.03. The van der Waals surface area contributed by atoms with Crippen LogP contribution in [-0.4, -0.2) is 11.5 Å². The van der Waals surface area contributed by atoms with Gasteiger partial charge in [-0.25, -0.2) is 0 Å². The van der Waals surface area contributed by atoms with Crippen LogP contribution >= 0.6 is 0 Å². The van der Waals surface area contributed by atoms with E-state index in [1.54, 1.807) is 6.20 Å². The Morgan fingerprint density at radius 3 is 3.09 bits per heavy atom. The van der Waals surface area contributed by atoms with Crippen molar-refractivity contribution in [2.75, 3.05) is 6.54 Å². The second kappa shape index (κ2) is 4.30. The summed E-state index contributed by atoms with van der Waals surface area (Å²) in [5.74, 6) is 0. The molecule has 1 rings (SSSR count). The Labute approximate surface area is 64.5 Å². The van der Waals surface area contributed by atoms with Crippen LogP contribution in [0.15, 0.2) is 29.5 Å². The van der Waals surface area contributed by atoms with Crippen LogP contribution in [0.3, 0.4) is 0 Å². The second-order valence-electron chi connectivity index (χ2n) is 2.03. The lowest BCUT2D eigenvalue weighted by Gasteiger charge is -1.92. The lowest BCUT2D eigenvalue weighted by molar-refractivity contribution is 0.914. The molecule has 1 aromatic rings. The summed E-state index contributed by atoms with van der Waals surface area (Å²) in [4.78, 5) is 6.72. The fraction of sp³-hybridized carbons (Fsp3) is 0.286. The predicted octanol–water partition coefficient (Wildman–Crippen LogP) is 1.93. The fourth-order valence-electron chi connectivity index (χ4n) is 0.755. The van der Waals surface area contributed by atoms with E-state index in [9.17, 15) is 0 Å². The van der Waals surface area contributed by atoms with Gasteiger partial charge >= 0.3 is 0 Å². The summed E-state index contributed by atoms with van der Waals surface area (Å²) in [7, 11) is 0. The first-order chi connectivity index (χ1) is 5.43. The molecule has 0 aliphatic heterocycles. The molecule has 11 heavy (non-hydrogen) atoms. The van der Waals surface area contributed by atoms with Crippen LogP contribution in [0.5, 0.6) is 0 Å². The van der Waals surface area contributed by atoms with Gasteiger partial charge in [-0.3, -0.25) is 4.98 Å². The minimum atomic E-state index is 0.480. The van der Waals surface area contributed by atoms with Gasteiger partial charge in [0.2, 0.25) is 0 Å². The summed E-state index contributed by atoms with van der Waals surface area (Å²) in [6, 6.07) is 5.68. The molecule has 1 aromatic heterocycles. The summed E-state index contributed by atoms with van der Waals surface area (Å²) in [6.45, 7) is 0.480. The van der Waals surface area contributed by atoms with E-state index in [1.165, 1.54) is 0 Å². The Kier molecular flexibility index (Phi) is 2.96. The lowest BCUT2D eigenvalue weighted by atomic mass is 10.3. The van der Waals surface area contributed by atoms with Crippen molar-refractivity contribution in [1.82, 2.24) is 4.98 Å². The van der Waals surface area contributed by atoms with Crippen molar-refractivity contribution in [3.05, 3.63) is 40.5 Å². The number of azide groups is 1. The van der Waals surface area contributed by atoms with Crippen molar-refractivity contribution in [3.63, 3.8) is 0 Å². The smallest absolute Gasteiger partial charge is 0.0404 e. The van der Waals surface area contributed by atoms with Gasteiger partial charge in [-0.1, -0.05) is 11.2 Å². The number of hydrogen-bond acceptors (Lipinski definition) is 2. The van der Waals surface area contributed by atoms with Crippen molar-refractivity contribution in [3.8, 4) is 0 Å². The molecule has 4 nitrogen and oxygen atoms in total. The quantitative estimate of drug-likeness (QED) is 0.367. The number of rotatable bonds is 3. The third kappa shape index (κ3) is 2.69. The molecule has 0 unspecified atom stereocenters. The van der Waals surface area contributed by atoms with Crippen LogP contribution in [0.25, 0.3) is 10.4 Å². The highest BCUT2D eigenvalue weighted by atomic mass is 15.1. The molecule has 0 saturated heterocycles. The average Bonchev–Trinajstić information content (AvgIpc) is 2.07. The van der Waals surface area contributed by atoms with Crippen molar-refractivity contribution in [2.24, 2.45) is 5.11 Å². The maximum absolute atomic E-state index is 7.98. The highest BCUT2D eigenvalue weighted by molar-refractivity contribution is 5.03. The van der Waals surface area contributed by atoms with E-state index in [0.717, 1.165) is 5.69 Å².